The van der Waals surface area contributed by atoms with E-state index in [0.717, 1.165) is 18.5 Å². The number of hydrogen-bond acceptors (Lipinski definition) is 5. The molecule has 1 fully saturated rings. The Hall–Kier alpha value is -1.98. The van der Waals surface area contributed by atoms with E-state index in [1.54, 1.807) is 6.92 Å². The van der Waals surface area contributed by atoms with Crippen LogP contribution in [0.3, 0.4) is 0 Å². The van der Waals surface area contributed by atoms with Crippen LogP contribution in [0.5, 0.6) is 0 Å². The third-order valence-corrected chi connectivity index (χ3v) is 4.38. The molecule has 0 radical (unpaired) electrons. The lowest BCUT2D eigenvalue weighted by atomic mass is 9.78. The van der Waals surface area contributed by atoms with Crippen molar-refractivity contribution in [3.63, 3.8) is 0 Å². The first-order valence-corrected chi connectivity index (χ1v) is 7.72. The van der Waals surface area contributed by atoms with Crippen molar-refractivity contribution in [1.82, 2.24) is 15.3 Å². The van der Waals surface area contributed by atoms with Crippen LogP contribution in [0.2, 0.25) is 0 Å². The summed E-state index contributed by atoms with van der Waals surface area (Å²) in [7, 11) is 0. The molecule has 1 amide bonds. The summed E-state index contributed by atoms with van der Waals surface area (Å²) in [6.07, 6.45) is 6.14. The molecule has 0 aromatic carbocycles. The van der Waals surface area contributed by atoms with E-state index in [4.69, 9.17) is 4.74 Å². The van der Waals surface area contributed by atoms with Crippen molar-refractivity contribution in [3.05, 3.63) is 23.8 Å². The quantitative estimate of drug-likeness (QED) is 0.859. The van der Waals surface area contributed by atoms with Crippen molar-refractivity contribution < 1.29 is 14.3 Å². The number of aromatic nitrogens is 2. The molecule has 1 aromatic rings. The van der Waals surface area contributed by atoms with Crippen LogP contribution in [0.15, 0.2) is 12.4 Å². The fraction of sp³-hybridized carbons (Fsp3) is 0.625. The van der Waals surface area contributed by atoms with Crippen molar-refractivity contribution in [2.45, 2.75) is 46.1 Å². The highest BCUT2D eigenvalue weighted by Crippen LogP contribution is 2.29. The number of esters is 1. The summed E-state index contributed by atoms with van der Waals surface area (Å²) in [6.45, 7) is 5.86. The smallest absolute Gasteiger partial charge is 0.359 e. The van der Waals surface area contributed by atoms with E-state index in [9.17, 15) is 9.59 Å². The van der Waals surface area contributed by atoms with E-state index in [0.29, 0.717) is 11.8 Å². The van der Waals surface area contributed by atoms with Crippen LogP contribution in [0, 0.1) is 18.8 Å². The molecule has 3 atom stereocenters. The number of carbonyl (C=O) groups is 2. The van der Waals surface area contributed by atoms with Gasteiger partial charge in [0.2, 0.25) is 0 Å². The van der Waals surface area contributed by atoms with Gasteiger partial charge in [-0.05, 0) is 25.2 Å². The Balaban J connectivity index is 1.80. The molecule has 6 nitrogen and oxygen atoms in total. The molecule has 2 rings (SSSR count). The molecule has 1 aromatic heterocycles. The highest BCUT2D eigenvalue weighted by Gasteiger charge is 2.28. The zero-order valence-corrected chi connectivity index (χ0v) is 13.3. The van der Waals surface area contributed by atoms with Gasteiger partial charge in [-0.25, -0.2) is 9.78 Å². The fourth-order valence-electron chi connectivity index (χ4n) is 2.74. The minimum Gasteiger partial charge on any atom is -0.451 e. The monoisotopic (exact) mass is 305 g/mol. The van der Waals surface area contributed by atoms with Gasteiger partial charge < -0.3 is 10.1 Å². The van der Waals surface area contributed by atoms with E-state index in [-0.39, 0.29) is 24.2 Å². The average Bonchev–Trinajstić information content (AvgIpc) is 2.50. The molecule has 0 saturated heterocycles. The zero-order valence-electron chi connectivity index (χ0n) is 13.3. The van der Waals surface area contributed by atoms with Gasteiger partial charge in [-0.2, -0.15) is 0 Å². The molecule has 1 aliphatic rings. The molecule has 1 saturated carbocycles. The second-order valence-electron chi connectivity index (χ2n) is 6.06. The Morgan fingerprint density at radius 3 is 2.73 bits per heavy atom. The topological polar surface area (TPSA) is 81.2 Å². The maximum atomic E-state index is 11.9. The number of hydrogen-bond donors (Lipinski definition) is 1. The van der Waals surface area contributed by atoms with E-state index < -0.39 is 5.97 Å². The minimum absolute atomic E-state index is 0.109. The number of rotatable bonds is 4. The van der Waals surface area contributed by atoms with E-state index in [1.165, 1.54) is 18.8 Å². The normalized spacial score (nSPS) is 24.6. The number of aryl methyl sites for hydroxylation is 1. The molecular formula is C16H23N3O3. The average molecular weight is 305 g/mol. The van der Waals surface area contributed by atoms with Crippen LogP contribution in [0.1, 0.15) is 49.3 Å². The van der Waals surface area contributed by atoms with Gasteiger partial charge in [-0.15, -0.1) is 0 Å². The molecule has 1 heterocycles. The molecule has 1 N–H and O–H groups in total. The van der Waals surface area contributed by atoms with Crippen LogP contribution in [0.25, 0.3) is 0 Å². The fourth-order valence-corrected chi connectivity index (χ4v) is 2.74. The predicted molar refractivity (Wildman–Crippen MR) is 81.2 cm³/mol. The first-order chi connectivity index (χ1) is 10.5. The van der Waals surface area contributed by atoms with Crippen LogP contribution in [0.4, 0.5) is 0 Å². The van der Waals surface area contributed by atoms with E-state index >= 15 is 0 Å². The number of carbonyl (C=O) groups excluding carboxylic acids is 2. The molecule has 120 valence electrons. The molecule has 6 heteroatoms. The van der Waals surface area contributed by atoms with E-state index in [1.807, 2.05) is 0 Å². The Kier molecular flexibility index (Phi) is 5.46. The van der Waals surface area contributed by atoms with Gasteiger partial charge in [0.05, 0.1) is 11.9 Å². The van der Waals surface area contributed by atoms with Crippen LogP contribution < -0.4 is 5.32 Å². The van der Waals surface area contributed by atoms with Crippen molar-refractivity contribution in [2.24, 2.45) is 11.8 Å². The summed E-state index contributed by atoms with van der Waals surface area (Å²) in [5.74, 6) is 0.146. The summed E-state index contributed by atoms with van der Waals surface area (Å²) >= 11 is 0. The Labute approximate surface area is 130 Å². The lowest BCUT2D eigenvalue weighted by Crippen LogP contribution is -2.45. The molecule has 0 spiro atoms. The van der Waals surface area contributed by atoms with E-state index in [2.05, 4.69) is 29.1 Å². The van der Waals surface area contributed by atoms with Gasteiger partial charge in [0.25, 0.3) is 5.91 Å². The van der Waals surface area contributed by atoms with Crippen molar-refractivity contribution in [2.75, 3.05) is 6.61 Å². The molecule has 0 bridgehead atoms. The summed E-state index contributed by atoms with van der Waals surface area (Å²) in [4.78, 5) is 31.6. The number of nitrogens with one attached hydrogen (secondary N) is 1. The maximum absolute atomic E-state index is 11.9. The third kappa shape index (κ3) is 4.26. The van der Waals surface area contributed by atoms with Gasteiger partial charge in [0.1, 0.15) is 0 Å². The van der Waals surface area contributed by atoms with Crippen molar-refractivity contribution in [3.8, 4) is 0 Å². The highest BCUT2D eigenvalue weighted by atomic mass is 16.5. The third-order valence-electron chi connectivity index (χ3n) is 4.38. The lowest BCUT2D eigenvalue weighted by Gasteiger charge is -2.34. The first kappa shape index (κ1) is 16.4. The van der Waals surface area contributed by atoms with Crippen molar-refractivity contribution >= 4 is 11.9 Å². The minimum atomic E-state index is -0.632. The van der Waals surface area contributed by atoms with Gasteiger partial charge in [0, 0.05) is 12.2 Å². The zero-order chi connectivity index (χ0) is 16.1. The van der Waals surface area contributed by atoms with Crippen LogP contribution in [-0.2, 0) is 9.53 Å². The van der Waals surface area contributed by atoms with Crippen molar-refractivity contribution in [1.29, 1.82) is 0 Å². The van der Waals surface area contributed by atoms with Gasteiger partial charge in [-0.3, -0.25) is 9.78 Å². The molecule has 0 aliphatic heterocycles. The Morgan fingerprint density at radius 1 is 1.27 bits per heavy atom. The second-order valence-corrected chi connectivity index (χ2v) is 6.06. The summed E-state index contributed by atoms with van der Waals surface area (Å²) < 4.78 is 4.98. The maximum Gasteiger partial charge on any atom is 0.359 e. The summed E-state index contributed by atoms with van der Waals surface area (Å²) in [5, 5.41) is 2.96. The summed E-state index contributed by atoms with van der Waals surface area (Å²) in [5.41, 5.74) is 0.827. The Bertz CT molecular complexity index is 530. The largest absolute Gasteiger partial charge is 0.451 e. The van der Waals surface area contributed by atoms with Gasteiger partial charge in [-0.1, -0.05) is 26.7 Å². The molecular weight excluding hydrogens is 282 g/mol. The number of amides is 1. The number of nitrogens with zero attached hydrogens (tertiary/aromatic N) is 2. The summed E-state index contributed by atoms with van der Waals surface area (Å²) in [6, 6.07) is 0.161. The lowest BCUT2D eigenvalue weighted by molar-refractivity contribution is -0.125. The van der Waals surface area contributed by atoms with Gasteiger partial charge >= 0.3 is 5.97 Å². The number of ether oxygens (including phenoxy) is 1. The van der Waals surface area contributed by atoms with Gasteiger partial charge in [0.15, 0.2) is 12.3 Å². The van der Waals surface area contributed by atoms with Crippen LogP contribution in [-0.4, -0.2) is 34.5 Å². The molecule has 1 aliphatic carbocycles. The van der Waals surface area contributed by atoms with Crippen LogP contribution >= 0.6 is 0 Å². The molecule has 22 heavy (non-hydrogen) atoms. The highest BCUT2D eigenvalue weighted by molar-refractivity contribution is 5.89. The second kappa shape index (κ2) is 7.33. The first-order valence-electron chi connectivity index (χ1n) is 7.72. The predicted octanol–water partition coefficient (Wildman–Crippen LogP) is 1.88. The SMILES string of the molecule is Cc1cnc(C(=O)OCC(=O)N[C@@H]2CCC[C@@H](C)[C@H]2C)cn1. The molecule has 0 unspecified atom stereocenters. The standard InChI is InChI=1S/C16H23N3O3/c1-10-5-4-6-13(12(10)3)19-15(20)9-22-16(21)14-8-17-11(2)7-18-14/h7-8,10,12-13H,4-6,9H2,1-3H3,(H,19,20)/t10-,12-,13-/m1/s1. The Morgan fingerprint density at radius 2 is 2.05 bits per heavy atom.